The Bertz CT molecular complexity index is 1060. The van der Waals surface area contributed by atoms with Crippen molar-refractivity contribution in [2.45, 2.75) is 30.8 Å². The van der Waals surface area contributed by atoms with Gasteiger partial charge in [-0.2, -0.15) is 0 Å². The van der Waals surface area contributed by atoms with Gasteiger partial charge in [-0.3, -0.25) is 9.59 Å². The van der Waals surface area contributed by atoms with Crippen LogP contribution in [0.2, 0.25) is 0 Å². The summed E-state index contributed by atoms with van der Waals surface area (Å²) >= 11 is 1.47. The maximum absolute atomic E-state index is 12.8. The smallest absolute Gasteiger partial charge is 0.257 e. The van der Waals surface area contributed by atoms with Crippen LogP contribution in [0.3, 0.4) is 0 Å². The second-order valence-electron chi connectivity index (χ2n) is 6.77. The van der Waals surface area contributed by atoms with E-state index in [0.29, 0.717) is 22.3 Å². The molecule has 1 amide bonds. The van der Waals surface area contributed by atoms with Crippen molar-refractivity contribution < 1.29 is 9.53 Å². The van der Waals surface area contributed by atoms with Gasteiger partial charge in [0.25, 0.3) is 5.56 Å². The summed E-state index contributed by atoms with van der Waals surface area (Å²) < 4.78 is 5.83. The highest BCUT2D eigenvalue weighted by atomic mass is 32.2. The van der Waals surface area contributed by atoms with Crippen molar-refractivity contribution in [2.75, 3.05) is 11.1 Å². The van der Waals surface area contributed by atoms with E-state index < -0.39 is 0 Å². The van der Waals surface area contributed by atoms with Gasteiger partial charge in [0, 0.05) is 18.1 Å². The topological polar surface area (TPSA) is 84.1 Å². The molecule has 0 radical (unpaired) electrons. The van der Waals surface area contributed by atoms with Gasteiger partial charge in [0.05, 0.1) is 5.56 Å². The Morgan fingerprint density at radius 1 is 1.07 bits per heavy atom. The minimum atomic E-state index is -0.342. The summed E-state index contributed by atoms with van der Waals surface area (Å²) in [5.41, 5.74) is 1.17. The van der Waals surface area contributed by atoms with Crippen molar-refractivity contribution in [3.05, 3.63) is 76.1 Å². The van der Waals surface area contributed by atoms with Gasteiger partial charge in [-0.1, -0.05) is 49.0 Å². The van der Waals surface area contributed by atoms with Crippen LogP contribution in [-0.2, 0) is 4.79 Å². The fourth-order valence-electron chi connectivity index (χ4n) is 3.30. The lowest BCUT2D eigenvalue weighted by Crippen LogP contribution is -2.31. The van der Waals surface area contributed by atoms with E-state index in [0.717, 1.165) is 23.5 Å². The molecule has 1 atom stereocenters. The molecule has 1 aliphatic rings. The minimum absolute atomic E-state index is 0.142. The van der Waals surface area contributed by atoms with Crippen LogP contribution in [0.25, 0.3) is 0 Å². The molecule has 6 nitrogen and oxygen atoms in total. The molecule has 7 heteroatoms. The van der Waals surface area contributed by atoms with E-state index >= 15 is 0 Å². The summed E-state index contributed by atoms with van der Waals surface area (Å²) in [6.45, 7) is 2.06. The van der Waals surface area contributed by atoms with Crippen molar-refractivity contribution in [1.29, 1.82) is 0 Å². The van der Waals surface area contributed by atoms with Crippen LogP contribution in [0, 0.1) is 0 Å². The van der Waals surface area contributed by atoms with Crippen LogP contribution in [-0.4, -0.2) is 21.6 Å². The maximum Gasteiger partial charge on any atom is 0.257 e. The number of nitrogens with zero attached hydrogens (tertiary/aromatic N) is 1. The van der Waals surface area contributed by atoms with Crippen LogP contribution in [0.4, 0.5) is 5.82 Å². The number of hydrogen-bond acceptors (Lipinski definition) is 5. The van der Waals surface area contributed by atoms with Crippen molar-refractivity contribution in [2.24, 2.45) is 0 Å². The first-order valence-electron chi connectivity index (χ1n) is 9.53. The van der Waals surface area contributed by atoms with Gasteiger partial charge in [0.15, 0.2) is 5.16 Å². The highest BCUT2D eigenvalue weighted by molar-refractivity contribution is 7.99. The molecule has 1 aromatic heterocycles. The molecule has 0 bridgehead atoms. The zero-order valence-corrected chi connectivity index (χ0v) is 16.8. The number of carbonyl (C=O) groups excluding carboxylic acids is 1. The van der Waals surface area contributed by atoms with Gasteiger partial charge in [-0.15, -0.1) is 0 Å². The summed E-state index contributed by atoms with van der Waals surface area (Å²) in [4.78, 5) is 32.3. The number of H-pyrrole nitrogens is 1. The number of aromatic amines is 1. The van der Waals surface area contributed by atoms with E-state index in [-0.39, 0.29) is 23.8 Å². The first-order chi connectivity index (χ1) is 14.1. The van der Waals surface area contributed by atoms with Crippen molar-refractivity contribution in [3.8, 4) is 11.5 Å². The second kappa shape index (κ2) is 8.53. The molecule has 4 rings (SSSR count). The Hall–Kier alpha value is -3.06. The maximum atomic E-state index is 12.8. The van der Waals surface area contributed by atoms with Gasteiger partial charge in [-0.05, 0) is 36.2 Å². The van der Waals surface area contributed by atoms with Crippen LogP contribution in [0.5, 0.6) is 11.5 Å². The largest absolute Gasteiger partial charge is 0.457 e. The van der Waals surface area contributed by atoms with Crippen LogP contribution >= 0.6 is 11.8 Å². The molecule has 2 aromatic carbocycles. The number of fused-ring (bicyclic) bond motifs is 1. The van der Waals surface area contributed by atoms with Gasteiger partial charge >= 0.3 is 0 Å². The quantitative estimate of drug-likeness (QED) is 0.463. The van der Waals surface area contributed by atoms with Gasteiger partial charge in [-0.25, -0.2) is 4.98 Å². The Labute approximate surface area is 172 Å². The summed E-state index contributed by atoms with van der Waals surface area (Å²) in [6, 6.07) is 17.0. The molecule has 29 heavy (non-hydrogen) atoms. The number of rotatable bonds is 6. The van der Waals surface area contributed by atoms with Gasteiger partial charge in [0.1, 0.15) is 17.3 Å². The van der Waals surface area contributed by atoms with Crippen LogP contribution in [0.1, 0.15) is 36.8 Å². The number of para-hydroxylation sites is 1. The average Bonchev–Trinajstić information content (AvgIpc) is 2.72. The normalized spacial score (nSPS) is 15.5. The van der Waals surface area contributed by atoms with E-state index in [4.69, 9.17) is 4.74 Å². The SMILES string of the molecule is CCCSc1nc2c(c(=O)[nH]1)C(c1ccc(Oc3ccccc3)cc1)CC(=O)N2. The summed E-state index contributed by atoms with van der Waals surface area (Å²) in [5, 5.41) is 3.28. The molecule has 0 aliphatic carbocycles. The molecular weight excluding hydrogens is 386 g/mol. The Morgan fingerprint density at radius 2 is 1.79 bits per heavy atom. The van der Waals surface area contributed by atoms with Crippen LogP contribution in [0.15, 0.2) is 64.5 Å². The predicted molar refractivity (Wildman–Crippen MR) is 114 cm³/mol. The highest BCUT2D eigenvalue weighted by Gasteiger charge is 2.31. The summed E-state index contributed by atoms with van der Waals surface area (Å²) in [7, 11) is 0. The molecule has 1 aliphatic heterocycles. The number of thioether (sulfide) groups is 1. The van der Waals surface area contributed by atoms with E-state index in [1.807, 2.05) is 54.6 Å². The molecule has 2 heterocycles. The Kier molecular flexibility index (Phi) is 5.67. The monoisotopic (exact) mass is 407 g/mol. The standard InChI is InChI=1S/C22H21N3O3S/c1-2-12-29-22-24-20-19(21(27)25-22)17(13-18(26)23-20)14-8-10-16(11-9-14)28-15-6-4-3-5-7-15/h3-11,17H,2,12-13H2,1H3,(H2,23,24,25,26,27). The lowest BCUT2D eigenvalue weighted by atomic mass is 9.87. The first-order valence-corrected chi connectivity index (χ1v) is 10.5. The summed E-state index contributed by atoms with van der Waals surface area (Å²) in [6.07, 6.45) is 1.18. The summed E-state index contributed by atoms with van der Waals surface area (Å²) in [5.74, 6) is 2.17. The average molecular weight is 407 g/mol. The molecule has 0 saturated heterocycles. The first kappa shape index (κ1) is 19.3. The lowest BCUT2D eigenvalue weighted by Gasteiger charge is -2.24. The Morgan fingerprint density at radius 3 is 2.52 bits per heavy atom. The molecule has 0 fully saturated rings. The van der Waals surface area contributed by atoms with Gasteiger partial charge < -0.3 is 15.0 Å². The minimum Gasteiger partial charge on any atom is -0.457 e. The lowest BCUT2D eigenvalue weighted by molar-refractivity contribution is -0.116. The second-order valence-corrected chi connectivity index (χ2v) is 7.85. The van der Waals surface area contributed by atoms with Crippen molar-refractivity contribution in [1.82, 2.24) is 9.97 Å². The molecule has 2 N–H and O–H groups in total. The predicted octanol–water partition coefficient (Wildman–Crippen LogP) is 4.54. The zero-order valence-electron chi connectivity index (χ0n) is 16.0. The number of benzene rings is 2. The third-order valence-corrected chi connectivity index (χ3v) is 5.71. The van der Waals surface area contributed by atoms with Crippen molar-refractivity contribution in [3.63, 3.8) is 0 Å². The van der Waals surface area contributed by atoms with E-state index in [1.54, 1.807) is 0 Å². The van der Waals surface area contributed by atoms with E-state index in [1.165, 1.54) is 11.8 Å². The Balaban J connectivity index is 1.62. The number of amides is 1. The molecule has 148 valence electrons. The fourth-order valence-corrected chi connectivity index (χ4v) is 4.01. The number of ether oxygens (including phenoxy) is 1. The number of aromatic nitrogens is 2. The number of nitrogens with one attached hydrogen (secondary N) is 2. The van der Waals surface area contributed by atoms with E-state index in [2.05, 4.69) is 22.2 Å². The van der Waals surface area contributed by atoms with E-state index in [9.17, 15) is 9.59 Å². The molecular formula is C22H21N3O3S. The molecule has 0 saturated carbocycles. The third-order valence-electron chi connectivity index (χ3n) is 4.63. The fraction of sp³-hybridized carbons (Fsp3) is 0.227. The van der Waals surface area contributed by atoms with Crippen LogP contribution < -0.4 is 15.6 Å². The third kappa shape index (κ3) is 4.35. The number of hydrogen-bond donors (Lipinski definition) is 2. The van der Waals surface area contributed by atoms with Crippen molar-refractivity contribution >= 4 is 23.5 Å². The molecule has 1 unspecified atom stereocenters. The molecule has 3 aromatic rings. The zero-order chi connectivity index (χ0) is 20.2. The van der Waals surface area contributed by atoms with Gasteiger partial charge in [0.2, 0.25) is 5.91 Å². The highest BCUT2D eigenvalue weighted by Crippen LogP contribution is 2.35. The number of carbonyl (C=O) groups is 1. The molecule has 0 spiro atoms. The number of anilines is 1.